The minimum absolute atomic E-state index is 0. The van der Waals surface area contributed by atoms with Crippen LogP contribution in [0.5, 0.6) is 0 Å². The summed E-state index contributed by atoms with van der Waals surface area (Å²) in [4.78, 5) is 30.5. The van der Waals surface area contributed by atoms with Crippen molar-refractivity contribution in [2.75, 3.05) is 0 Å². The zero-order chi connectivity index (χ0) is 10.6. The molecule has 110 valence electrons. The average Bonchev–Trinajstić information content (AvgIpc) is 1.82. The van der Waals surface area contributed by atoms with E-state index in [0.29, 0.717) is 0 Å². The Hall–Kier alpha value is -0.530. The summed E-state index contributed by atoms with van der Waals surface area (Å²) in [7, 11) is 0. The predicted octanol–water partition coefficient (Wildman–Crippen LogP) is -5.46. The summed E-state index contributed by atoms with van der Waals surface area (Å²) in [5.41, 5.74) is -2.74. The summed E-state index contributed by atoms with van der Waals surface area (Å²) in [6.07, 6.45) is -2.29. The molecule has 0 spiro atoms. The number of carbonyl (C=O) groups is 3. The van der Waals surface area contributed by atoms with Crippen LogP contribution >= 0.6 is 0 Å². The van der Waals surface area contributed by atoms with E-state index in [9.17, 15) is 14.4 Å². The van der Waals surface area contributed by atoms with E-state index in [0.717, 1.165) is 0 Å². The van der Waals surface area contributed by atoms with Gasteiger partial charge in [0.15, 0.2) is 5.60 Å². The summed E-state index contributed by atoms with van der Waals surface area (Å²) in [6, 6.07) is 0. The Bertz CT molecular complexity index is 236. The summed E-state index contributed by atoms with van der Waals surface area (Å²) in [5.74, 6) is -5.02. The molecule has 0 radical (unpaired) electrons. The van der Waals surface area contributed by atoms with E-state index in [1.807, 2.05) is 0 Å². The van der Waals surface area contributed by atoms with Gasteiger partial charge < -0.3 is 42.3 Å². The number of hydrogen-bond acceptors (Lipinski definition) is 4. The van der Waals surface area contributed by atoms with E-state index in [1.54, 1.807) is 0 Å². The van der Waals surface area contributed by atoms with Crippen molar-refractivity contribution in [2.24, 2.45) is 0 Å². The van der Waals surface area contributed by atoms with Gasteiger partial charge in [-0.3, -0.25) is 9.59 Å². The van der Waals surface area contributed by atoms with Gasteiger partial charge in [0, 0.05) is 0 Å². The molecule has 12 N–H and O–H groups in total. The first kappa shape index (κ1) is 36.0. The second-order valence-corrected chi connectivity index (χ2v) is 2.48. The zero-order valence-corrected chi connectivity index (χ0v) is 8.43. The van der Waals surface area contributed by atoms with Gasteiger partial charge in [-0.05, 0) is 0 Å². The standard InChI is InChI=1S/C6H8O7.Ca.4H2O.2H/c7-3(8)1-6(13,5(11)12)2-4(9)10;;;;;;;/h13H,1-2H2,(H,7,8)(H,9,10)(H,11,12);;4*1H2;;. The molecular weight excluding hydrogens is 288 g/mol. The fourth-order valence-corrected chi connectivity index (χ4v) is 0.714. The van der Waals surface area contributed by atoms with Gasteiger partial charge in [-0.15, -0.1) is 0 Å². The minimum atomic E-state index is -2.74. The van der Waals surface area contributed by atoms with E-state index in [4.69, 9.17) is 20.4 Å². The molecule has 11 nitrogen and oxygen atoms in total. The molecule has 0 saturated heterocycles. The number of aliphatic hydroxyl groups is 1. The molecule has 0 heterocycles. The Morgan fingerprint density at radius 3 is 1.11 bits per heavy atom. The van der Waals surface area contributed by atoms with Crippen LogP contribution in [0, 0.1) is 0 Å². The Kier molecular flexibility index (Phi) is 29.1. The molecule has 0 aliphatic carbocycles. The normalized spacial score (nSPS) is 7.83. The third-order valence-corrected chi connectivity index (χ3v) is 1.29. The fourth-order valence-electron chi connectivity index (χ4n) is 0.714. The molecule has 0 bridgehead atoms. The van der Waals surface area contributed by atoms with Gasteiger partial charge in [-0.2, -0.15) is 0 Å². The molecule has 0 atom stereocenters. The number of rotatable bonds is 5. The number of carboxylic acid groups (broad SMARTS) is 3. The van der Waals surface area contributed by atoms with Gasteiger partial charge in [0.05, 0.1) is 12.8 Å². The van der Waals surface area contributed by atoms with E-state index >= 15 is 0 Å². The van der Waals surface area contributed by atoms with E-state index < -0.39 is 36.4 Å². The van der Waals surface area contributed by atoms with Gasteiger partial charge in [0.25, 0.3) is 0 Å². The van der Waals surface area contributed by atoms with Gasteiger partial charge >= 0.3 is 55.6 Å². The quantitative estimate of drug-likeness (QED) is 0.357. The van der Waals surface area contributed by atoms with Crippen LogP contribution in [0.15, 0.2) is 0 Å². The topological polar surface area (TPSA) is 258 Å². The van der Waals surface area contributed by atoms with Crippen LogP contribution in [0.4, 0.5) is 0 Å². The first-order chi connectivity index (χ1) is 5.78. The van der Waals surface area contributed by atoms with Gasteiger partial charge in [0.2, 0.25) is 0 Å². The van der Waals surface area contributed by atoms with Gasteiger partial charge in [-0.25, -0.2) is 4.79 Å². The van der Waals surface area contributed by atoms with Crippen LogP contribution in [0.3, 0.4) is 0 Å². The molecule has 0 aliphatic rings. The third kappa shape index (κ3) is 13.5. The maximum atomic E-state index is 10.3. The van der Waals surface area contributed by atoms with Crippen LogP contribution in [0.25, 0.3) is 0 Å². The van der Waals surface area contributed by atoms with E-state index in [1.165, 1.54) is 0 Å². The molecule has 0 aliphatic heterocycles. The Morgan fingerprint density at radius 2 is 1.00 bits per heavy atom. The van der Waals surface area contributed by atoms with Crippen LogP contribution in [-0.2, 0) is 14.4 Å². The first-order valence-corrected chi connectivity index (χ1v) is 3.17. The molecule has 0 saturated carbocycles. The number of carboxylic acids is 3. The molecule has 12 heteroatoms. The second-order valence-electron chi connectivity index (χ2n) is 2.48. The molecule has 0 rings (SSSR count). The average molecular weight is 306 g/mol. The molecule has 0 unspecified atom stereocenters. The molecule has 18 heavy (non-hydrogen) atoms. The van der Waals surface area contributed by atoms with Gasteiger partial charge in [-0.1, -0.05) is 0 Å². The predicted molar refractivity (Wildman–Crippen MR) is 60.1 cm³/mol. The second kappa shape index (κ2) is 14.5. The monoisotopic (exact) mass is 306 g/mol. The van der Waals surface area contributed by atoms with Crippen molar-refractivity contribution >= 4 is 55.6 Å². The number of hydrogen-bond donors (Lipinski definition) is 4. The van der Waals surface area contributed by atoms with Crippen LogP contribution < -0.4 is 0 Å². The number of aliphatic carboxylic acids is 3. The molecule has 0 aromatic carbocycles. The summed E-state index contributed by atoms with van der Waals surface area (Å²) >= 11 is 0. The Labute approximate surface area is 130 Å². The third-order valence-electron chi connectivity index (χ3n) is 1.29. The first-order valence-electron chi connectivity index (χ1n) is 3.17. The van der Waals surface area contributed by atoms with Gasteiger partial charge in [0.1, 0.15) is 0 Å². The van der Waals surface area contributed by atoms with Crippen molar-refractivity contribution in [1.82, 2.24) is 0 Å². The fraction of sp³-hybridized carbons (Fsp3) is 0.500. The zero-order valence-electron chi connectivity index (χ0n) is 8.43. The van der Waals surface area contributed by atoms with Crippen molar-refractivity contribution in [3.05, 3.63) is 0 Å². The Balaban J connectivity index is -0.0000000720. The van der Waals surface area contributed by atoms with E-state index in [2.05, 4.69) is 0 Å². The van der Waals surface area contributed by atoms with Crippen molar-refractivity contribution in [3.8, 4) is 0 Å². The summed E-state index contributed by atoms with van der Waals surface area (Å²) in [6.45, 7) is 0. The summed E-state index contributed by atoms with van der Waals surface area (Å²) < 4.78 is 0. The van der Waals surface area contributed by atoms with E-state index in [-0.39, 0.29) is 59.6 Å². The van der Waals surface area contributed by atoms with Crippen molar-refractivity contribution in [2.45, 2.75) is 18.4 Å². The van der Waals surface area contributed by atoms with Crippen LogP contribution in [-0.4, -0.2) is 104 Å². The Morgan fingerprint density at radius 1 is 0.778 bits per heavy atom. The summed E-state index contributed by atoms with van der Waals surface area (Å²) in [5, 5.41) is 33.8. The van der Waals surface area contributed by atoms with Crippen LogP contribution in [0.1, 0.15) is 12.8 Å². The molecule has 0 amide bonds. The van der Waals surface area contributed by atoms with Crippen molar-refractivity contribution < 1.29 is 56.7 Å². The maximum absolute atomic E-state index is 10.3. The van der Waals surface area contributed by atoms with Crippen molar-refractivity contribution in [1.29, 1.82) is 0 Å². The molecular formula is C6H18CaO11. The molecule has 0 aromatic rings. The van der Waals surface area contributed by atoms with Crippen molar-refractivity contribution in [3.63, 3.8) is 0 Å². The van der Waals surface area contributed by atoms with Crippen LogP contribution in [0.2, 0.25) is 0 Å². The molecule has 0 fully saturated rings. The molecule has 0 aromatic heterocycles. The SMILES string of the molecule is O.O.O.O.O=C(O)CC(O)(CC(=O)O)C(=O)O.[CaH2].